The van der Waals surface area contributed by atoms with Crippen LogP contribution in [0, 0.1) is 6.92 Å². The van der Waals surface area contributed by atoms with Crippen LogP contribution in [0.5, 0.6) is 5.75 Å². The Bertz CT molecular complexity index is 947. The molecule has 0 fully saturated rings. The molecule has 1 aromatic carbocycles. The maximum atomic E-state index is 12.1. The molecule has 6 heteroatoms. The average Bonchev–Trinajstić information content (AvgIpc) is 2.53. The van der Waals surface area contributed by atoms with Gasteiger partial charge in [0.1, 0.15) is 18.0 Å². The lowest BCUT2D eigenvalue weighted by atomic mass is 10.2. The van der Waals surface area contributed by atoms with E-state index in [9.17, 15) is 14.7 Å². The van der Waals surface area contributed by atoms with Crippen molar-refractivity contribution in [3.63, 3.8) is 0 Å². The van der Waals surface area contributed by atoms with Crippen LogP contribution in [0.4, 0.5) is 0 Å². The number of fused-ring (bicyclic) bond motifs is 1. The molecule has 0 saturated carbocycles. The van der Waals surface area contributed by atoms with E-state index in [2.05, 4.69) is 4.98 Å². The molecule has 0 aliphatic heterocycles. The monoisotopic (exact) mass is 310 g/mol. The Morgan fingerprint density at radius 1 is 1.26 bits per heavy atom. The van der Waals surface area contributed by atoms with Gasteiger partial charge in [-0.05, 0) is 36.8 Å². The predicted molar refractivity (Wildman–Crippen MR) is 83.4 cm³/mol. The second-order valence-corrected chi connectivity index (χ2v) is 5.15. The maximum Gasteiger partial charge on any atom is 0.338 e. The number of rotatable bonds is 3. The fourth-order valence-corrected chi connectivity index (χ4v) is 2.19. The number of nitrogens with zero attached hydrogens (tertiary/aromatic N) is 2. The number of ether oxygens (including phenoxy) is 1. The third kappa shape index (κ3) is 3.21. The first kappa shape index (κ1) is 14.8. The van der Waals surface area contributed by atoms with Gasteiger partial charge in [0.2, 0.25) is 0 Å². The van der Waals surface area contributed by atoms with Crippen molar-refractivity contribution < 1.29 is 14.6 Å². The van der Waals surface area contributed by atoms with Crippen LogP contribution < -0.4 is 5.56 Å². The van der Waals surface area contributed by atoms with Gasteiger partial charge < -0.3 is 9.84 Å². The highest BCUT2D eigenvalue weighted by atomic mass is 16.5. The van der Waals surface area contributed by atoms with E-state index < -0.39 is 5.97 Å². The highest BCUT2D eigenvalue weighted by Crippen LogP contribution is 2.12. The van der Waals surface area contributed by atoms with Crippen molar-refractivity contribution in [1.82, 2.24) is 9.38 Å². The normalized spacial score (nSPS) is 10.7. The molecule has 0 spiro atoms. The summed E-state index contributed by atoms with van der Waals surface area (Å²) in [5.41, 5.74) is 1.81. The van der Waals surface area contributed by atoms with Crippen molar-refractivity contribution in [3.05, 3.63) is 75.8 Å². The number of esters is 1. The van der Waals surface area contributed by atoms with Crippen LogP contribution in [-0.4, -0.2) is 20.5 Å². The maximum absolute atomic E-state index is 12.1. The molecule has 0 atom stereocenters. The molecule has 6 nitrogen and oxygen atoms in total. The van der Waals surface area contributed by atoms with E-state index in [1.807, 2.05) is 13.0 Å². The zero-order valence-electron chi connectivity index (χ0n) is 12.4. The van der Waals surface area contributed by atoms with Crippen molar-refractivity contribution in [2.45, 2.75) is 13.5 Å². The zero-order valence-corrected chi connectivity index (χ0v) is 12.4. The number of pyridine rings is 1. The number of hydrogen-bond acceptors (Lipinski definition) is 5. The summed E-state index contributed by atoms with van der Waals surface area (Å²) in [5, 5.41) is 9.36. The summed E-state index contributed by atoms with van der Waals surface area (Å²) in [7, 11) is 0. The lowest BCUT2D eigenvalue weighted by Gasteiger charge is -2.07. The van der Waals surface area contributed by atoms with E-state index >= 15 is 0 Å². The van der Waals surface area contributed by atoms with E-state index in [0.717, 1.165) is 5.56 Å². The molecular weight excluding hydrogens is 296 g/mol. The molecule has 0 radical (unpaired) electrons. The minimum atomic E-state index is -0.591. The Morgan fingerprint density at radius 2 is 2.09 bits per heavy atom. The summed E-state index contributed by atoms with van der Waals surface area (Å²) in [4.78, 5) is 28.3. The van der Waals surface area contributed by atoms with Gasteiger partial charge in [0, 0.05) is 12.3 Å². The Morgan fingerprint density at radius 3 is 2.87 bits per heavy atom. The number of carbonyl (C=O) groups is 1. The van der Waals surface area contributed by atoms with Crippen molar-refractivity contribution >= 4 is 11.6 Å². The minimum Gasteiger partial charge on any atom is -0.508 e. The molecule has 0 aliphatic rings. The molecule has 0 unspecified atom stereocenters. The van der Waals surface area contributed by atoms with Crippen molar-refractivity contribution in [1.29, 1.82) is 0 Å². The van der Waals surface area contributed by atoms with E-state index in [4.69, 9.17) is 4.74 Å². The molecule has 2 heterocycles. The molecule has 23 heavy (non-hydrogen) atoms. The van der Waals surface area contributed by atoms with Crippen LogP contribution in [0.1, 0.15) is 21.6 Å². The van der Waals surface area contributed by atoms with Crippen molar-refractivity contribution in [2.24, 2.45) is 0 Å². The van der Waals surface area contributed by atoms with Crippen molar-refractivity contribution in [2.75, 3.05) is 0 Å². The second kappa shape index (κ2) is 5.92. The molecular formula is C17H14N2O4. The summed E-state index contributed by atoms with van der Waals surface area (Å²) in [6, 6.07) is 10.8. The summed E-state index contributed by atoms with van der Waals surface area (Å²) >= 11 is 0. The van der Waals surface area contributed by atoms with Crippen LogP contribution in [0.25, 0.3) is 5.65 Å². The first-order chi connectivity index (χ1) is 11.0. The number of benzene rings is 1. The minimum absolute atomic E-state index is 0.0168. The Kier molecular flexibility index (Phi) is 3.80. The van der Waals surface area contributed by atoms with E-state index in [-0.39, 0.29) is 23.5 Å². The molecule has 0 bridgehead atoms. The lowest BCUT2D eigenvalue weighted by Crippen LogP contribution is -2.16. The van der Waals surface area contributed by atoms with Gasteiger partial charge >= 0.3 is 5.97 Å². The van der Waals surface area contributed by atoms with Gasteiger partial charge in [-0.2, -0.15) is 0 Å². The highest BCUT2D eigenvalue weighted by molar-refractivity contribution is 5.89. The number of phenolic OH excluding ortho intramolecular Hbond substituents is 1. The fourth-order valence-electron chi connectivity index (χ4n) is 2.19. The summed E-state index contributed by atoms with van der Waals surface area (Å²) < 4.78 is 6.58. The van der Waals surface area contributed by atoms with Gasteiger partial charge in [-0.3, -0.25) is 9.20 Å². The van der Waals surface area contributed by atoms with Gasteiger partial charge in [-0.15, -0.1) is 0 Å². The molecule has 116 valence electrons. The van der Waals surface area contributed by atoms with Crippen LogP contribution in [-0.2, 0) is 11.3 Å². The Balaban J connectivity index is 1.81. The smallest absolute Gasteiger partial charge is 0.338 e. The van der Waals surface area contributed by atoms with Crippen LogP contribution in [0.3, 0.4) is 0 Å². The predicted octanol–water partition coefficient (Wildman–Crippen LogP) is 2.07. The van der Waals surface area contributed by atoms with E-state index in [1.165, 1.54) is 28.7 Å². The summed E-state index contributed by atoms with van der Waals surface area (Å²) in [5.74, 6) is -0.608. The topological polar surface area (TPSA) is 80.9 Å². The molecule has 1 N–H and O–H groups in total. The van der Waals surface area contributed by atoms with Gasteiger partial charge in [0.15, 0.2) is 0 Å². The third-order valence-corrected chi connectivity index (χ3v) is 3.29. The quantitative estimate of drug-likeness (QED) is 0.749. The number of aromatic hydroxyl groups is 1. The largest absolute Gasteiger partial charge is 0.508 e. The molecule has 2 aromatic heterocycles. The second-order valence-electron chi connectivity index (χ2n) is 5.15. The Labute approximate surface area is 131 Å². The molecule has 0 saturated heterocycles. The number of aromatic nitrogens is 2. The SMILES string of the molecule is Cc1ccc2nc(COC(=O)c3cccc(O)c3)cc(=O)n2c1. The molecule has 3 rings (SSSR count). The van der Waals surface area contributed by atoms with Crippen LogP contribution in [0.15, 0.2) is 53.5 Å². The zero-order chi connectivity index (χ0) is 16.4. The standard InChI is InChI=1S/C17H14N2O4/c1-11-5-6-15-18-13(8-16(21)19(15)9-11)10-23-17(22)12-3-2-4-14(20)7-12/h2-9,20H,10H2,1H3. The average molecular weight is 310 g/mol. The Hall–Kier alpha value is -3.15. The highest BCUT2D eigenvalue weighted by Gasteiger charge is 2.10. The van der Waals surface area contributed by atoms with Gasteiger partial charge in [-0.1, -0.05) is 12.1 Å². The molecule has 3 aromatic rings. The first-order valence-electron chi connectivity index (χ1n) is 6.98. The first-order valence-corrected chi connectivity index (χ1v) is 6.98. The van der Waals surface area contributed by atoms with Crippen LogP contribution in [0.2, 0.25) is 0 Å². The van der Waals surface area contributed by atoms with Crippen LogP contribution >= 0.6 is 0 Å². The summed E-state index contributed by atoms with van der Waals surface area (Å²) in [6.45, 7) is 1.77. The van der Waals surface area contributed by atoms with E-state index in [0.29, 0.717) is 11.3 Å². The van der Waals surface area contributed by atoms with Gasteiger partial charge in [-0.25, -0.2) is 9.78 Å². The number of aryl methyl sites for hydroxylation is 1. The van der Waals surface area contributed by atoms with Crippen molar-refractivity contribution in [3.8, 4) is 5.75 Å². The fraction of sp³-hybridized carbons (Fsp3) is 0.118. The van der Waals surface area contributed by atoms with E-state index in [1.54, 1.807) is 18.3 Å². The summed E-state index contributed by atoms with van der Waals surface area (Å²) in [6.07, 6.45) is 1.70. The molecule has 0 aliphatic carbocycles. The number of hydrogen-bond donors (Lipinski definition) is 1. The number of phenols is 1. The molecule has 0 amide bonds. The van der Waals surface area contributed by atoms with Gasteiger partial charge in [0.25, 0.3) is 5.56 Å². The van der Waals surface area contributed by atoms with Gasteiger partial charge in [0.05, 0.1) is 11.3 Å². The lowest BCUT2D eigenvalue weighted by molar-refractivity contribution is 0.0467. The number of carbonyl (C=O) groups excluding carboxylic acids is 1. The third-order valence-electron chi connectivity index (χ3n) is 3.29.